The van der Waals surface area contributed by atoms with E-state index in [-0.39, 0.29) is 5.91 Å². The SMILES string of the molecule is CC1=CC(C(=O)N2CCOCC2)=CCC(C)=C1. The minimum absolute atomic E-state index is 0.135. The minimum Gasteiger partial charge on any atom is -0.378 e. The van der Waals surface area contributed by atoms with Gasteiger partial charge in [0.2, 0.25) is 0 Å². The fourth-order valence-electron chi connectivity index (χ4n) is 2.16. The van der Waals surface area contributed by atoms with Gasteiger partial charge in [0, 0.05) is 18.7 Å². The van der Waals surface area contributed by atoms with Gasteiger partial charge in [-0.1, -0.05) is 23.3 Å². The smallest absolute Gasteiger partial charge is 0.253 e. The van der Waals surface area contributed by atoms with Crippen molar-refractivity contribution in [3.8, 4) is 0 Å². The molecule has 0 spiro atoms. The molecule has 0 aromatic heterocycles. The summed E-state index contributed by atoms with van der Waals surface area (Å²) in [5.41, 5.74) is 3.26. The predicted octanol–water partition coefficient (Wildman–Crippen LogP) is 2.07. The predicted molar refractivity (Wildman–Crippen MR) is 67.6 cm³/mol. The van der Waals surface area contributed by atoms with Crippen LogP contribution in [0.5, 0.6) is 0 Å². The summed E-state index contributed by atoms with van der Waals surface area (Å²) >= 11 is 0. The molecule has 0 bridgehead atoms. The summed E-state index contributed by atoms with van der Waals surface area (Å²) in [5, 5.41) is 0. The molecule has 92 valence electrons. The van der Waals surface area contributed by atoms with Gasteiger partial charge < -0.3 is 9.64 Å². The molecule has 2 aliphatic rings. The van der Waals surface area contributed by atoms with Gasteiger partial charge in [-0.15, -0.1) is 0 Å². The van der Waals surface area contributed by atoms with Crippen LogP contribution in [0.1, 0.15) is 20.3 Å². The maximum atomic E-state index is 12.3. The van der Waals surface area contributed by atoms with Gasteiger partial charge in [-0.2, -0.15) is 0 Å². The Morgan fingerprint density at radius 1 is 1.24 bits per heavy atom. The highest BCUT2D eigenvalue weighted by molar-refractivity contribution is 5.96. The minimum atomic E-state index is 0.135. The van der Waals surface area contributed by atoms with Crippen LogP contribution >= 0.6 is 0 Å². The van der Waals surface area contributed by atoms with E-state index in [9.17, 15) is 4.79 Å². The summed E-state index contributed by atoms with van der Waals surface area (Å²) < 4.78 is 5.26. The molecular weight excluding hydrogens is 214 g/mol. The van der Waals surface area contributed by atoms with E-state index in [0.29, 0.717) is 26.3 Å². The van der Waals surface area contributed by atoms with Gasteiger partial charge in [-0.3, -0.25) is 4.79 Å². The third kappa shape index (κ3) is 3.07. The summed E-state index contributed by atoms with van der Waals surface area (Å²) in [7, 11) is 0. The monoisotopic (exact) mass is 233 g/mol. The van der Waals surface area contributed by atoms with Crippen LogP contribution in [0.25, 0.3) is 0 Å². The Morgan fingerprint density at radius 3 is 2.65 bits per heavy atom. The lowest BCUT2D eigenvalue weighted by Gasteiger charge is -2.27. The lowest BCUT2D eigenvalue weighted by atomic mass is 10.1. The van der Waals surface area contributed by atoms with Gasteiger partial charge in [0.15, 0.2) is 0 Å². The van der Waals surface area contributed by atoms with E-state index in [2.05, 4.69) is 13.0 Å². The standard InChI is InChI=1S/C14H19NO2/c1-11-3-4-13(10-12(2)9-11)14(16)15-5-7-17-8-6-15/h4,9-10H,3,5-8H2,1-2H3. The van der Waals surface area contributed by atoms with Crippen molar-refractivity contribution < 1.29 is 9.53 Å². The average molecular weight is 233 g/mol. The Bertz CT molecular complexity index is 398. The molecule has 1 heterocycles. The third-order valence-electron chi connectivity index (χ3n) is 3.05. The van der Waals surface area contributed by atoms with Crippen LogP contribution in [-0.2, 0) is 9.53 Å². The van der Waals surface area contributed by atoms with Crippen molar-refractivity contribution >= 4 is 5.91 Å². The van der Waals surface area contributed by atoms with Gasteiger partial charge in [-0.25, -0.2) is 0 Å². The molecule has 3 heteroatoms. The van der Waals surface area contributed by atoms with Crippen molar-refractivity contribution in [2.45, 2.75) is 20.3 Å². The zero-order valence-electron chi connectivity index (χ0n) is 10.5. The molecule has 17 heavy (non-hydrogen) atoms. The molecule has 2 rings (SSSR count). The van der Waals surface area contributed by atoms with Gasteiger partial charge >= 0.3 is 0 Å². The summed E-state index contributed by atoms with van der Waals surface area (Å²) in [6.07, 6.45) is 7.00. The van der Waals surface area contributed by atoms with Crippen LogP contribution in [0.2, 0.25) is 0 Å². The number of carbonyl (C=O) groups is 1. The average Bonchev–Trinajstić information content (AvgIpc) is 2.50. The summed E-state index contributed by atoms with van der Waals surface area (Å²) in [6.45, 7) is 6.84. The molecule has 1 fully saturated rings. The Morgan fingerprint density at radius 2 is 1.94 bits per heavy atom. The largest absolute Gasteiger partial charge is 0.378 e. The Kier molecular flexibility index (Phi) is 3.79. The van der Waals surface area contributed by atoms with Crippen LogP contribution in [0.4, 0.5) is 0 Å². The van der Waals surface area contributed by atoms with Crippen LogP contribution in [0.15, 0.2) is 34.9 Å². The molecule has 1 amide bonds. The maximum Gasteiger partial charge on any atom is 0.253 e. The van der Waals surface area contributed by atoms with Crippen molar-refractivity contribution in [2.75, 3.05) is 26.3 Å². The zero-order valence-corrected chi connectivity index (χ0v) is 10.5. The van der Waals surface area contributed by atoms with E-state index in [4.69, 9.17) is 4.74 Å². The first-order valence-electron chi connectivity index (χ1n) is 6.09. The summed E-state index contributed by atoms with van der Waals surface area (Å²) in [4.78, 5) is 14.2. The van der Waals surface area contributed by atoms with Crippen molar-refractivity contribution in [1.29, 1.82) is 0 Å². The number of amides is 1. The fraction of sp³-hybridized carbons (Fsp3) is 0.500. The van der Waals surface area contributed by atoms with E-state index in [0.717, 1.165) is 17.6 Å². The first-order chi connectivity index (χ1) is 8.16. The van der Waals surface area contributed by atoms with Crippen molar-refractivity contribution in [3.63, 3.8) is 0 Å². The van der Waals surface area contributed by atoms with Gasteiger partial charge in [0.05, 0.1) is 13.2 Å². The number of hydrogen-bond acceptors (Lipinski definition) is 2. The Labute approximate surface area is 102 Å². The van der Waals surface area contributed by atoms with Crippen LogP contribution in [-0.4, -0.2) is 37.1 Å². The quantitative estimate of drug-likeness (QED) is 0.694. The number of ether oxygens (including phenoxy) is 1. The first-order valence-corrected chi connectivity index (χ1v) is 6.09. The number of allylic oxidation sites excluding steroid dienone is 4. The van der Waals surface area contributed by atoms with Gasteiger partial charge in [-0.05, 0) is 26.3 Å². The molecule has 0 aromatic carbocycles. The van der Waals surface area contributed by atoms with E-state index in [1.54, 1.807) is 0 Å². The topological polar surface area (TPSA) is 29.5 Å². The molecule has 0 atom stereocenters. The molecule has 1 aliphatic carbocycles. The van der Waals surface area contributed by atoms with Crippen molar-refractivity contribution in [1.82, 2.24) is 4.90 Å². The number of nitrogens with zero attached hydrogens (tertiary/aromatic N) is 1. The maximum absolute atomic E-state index is 12.3. The van der Waals surface area contributed by atoms with Crippen LogP contribution < -0.4 is 0 Å². The highest BCUT2D eigenvalue weighted by atomic mass is 16.5. The number of hydrogen-bond donors (Lipinski definition) is 0. The lowest BCUT2D eigenvalue weighted by molar-refractivity contribution is -0.130. The molecule has 0 N–H and O–H groups in total. The van der Waals surface area contributed by atoms with Gasteiger partial charge in [0.25, 0.3) is 5.91 Å². The molecule has 0 aromatic rings. The van der Waals surface area contributed by atoms with Crippen LogP contribution in [0, 0.1) is 0 Å². The molecule has 1 saturated heterocycles. The van der Waals surface area contributed by atoms with Crippen molar-refractivity contribution in [3.05, 3.63) is 34.9 Å². The van der Waals surface area contributed by atoms with E-state index >= 15 is 0 Å². The normalized spacial score (nSPS) is 21.3. The lowest BCUT2D eigenvalue weighted by Crippen LogP contribution is -2.41. The highest BCUT2D eigenvalue weighted by Crippen LogP contribution is 2.18. The molecular formula is C14H19NO2. The van der Waals surface area contributed by atoms with Crippen LogP contribution in [0.3, 0.4) is 0 Å². The van der Waals surface area contributed by atoms with E-state index in [1.165, 1.54) is 5.57 Å². The molecule has 1 aliphatic heterocycles. The van der Waals surface area contributed by atoms with E-state index in [1.807, 2.05) is 24.0 Å². The number of carbonyl (C=O) groups excluding carboxylic acids is 1. The van der Waals surface area contributed by atoms with Gasteiger partial charge in [0.1, 0.15) is 0 Å². The molecule has 0 saturated carbocycles. The second-order valence-corrected chi connectivity index (χ2v) is 4.65. The molecule has 3 nitrogen and oxygen atoms in total. The Balaban J connectivity index is 2.12. The second kappa shape index (κ2) is 5.32. The first kappa shape index (κ1) is 12.1. The fourth-order valence-corrected chi connectivity index (χ4v) is 2.16. The summed E-state index contributed by atoms with van der Waals surface area (Å²) in [5.74, 6) is 0.135. The zero-order chi connectivity index (χ0) is 12.3. The third-order valence-corrected chi connectivity index (χ3v) is 3.05. The van der Waals surface area contributed by atoms with Crippen molar-refractivity contribution in [2.24, 2.45) is 0 Å². The number of morpholine rings is 1. The Hall–Kier alpha value is -1.35. The number of rotatable bonds is 1. The molecule has 0 unspecified atom stereocenters. The summed E-state index contributed by atoms with van der Waals surface area (Å²) in [6, 6.07) is 0. The highest BCUT2D eigenvalue weighted by Gasteiger charge is 2.19. The van der Waals surface area contributed by atoms with E-state index < -0.39 is 0 Å². The molecule has 0 radical (unpaired) electrons. The second-order valence-electron chi connectivity index (χ2n) is 4.65.